The smallest absolute Gasteiger partial charge is 0.415 e. The molecule has 6 nitrogen and oxygen atoms in total. The zero-order chi connectivity index (χ0) is 16.9. The van der Waals surface area contributed by atoms with E-state index in [1.165, 1.54) is 6.20 Å². The first-order chi connectivity index (χ1) is 11.6. The third kappa shape index (κ3) is 4.29. The Morgan fingerprint density at radius 2 is 1.79 bits per heavy atom. The lowest BCUT2D eigenvalue weighted by Gasteiger charge is -2.25. The topological polar surface area (TPSA) is 60.9 Å². The Labute approximate surface area is 148 Å². The molecule has 0 radical (unpaired) electrons. The molecule has 1 amide bonds. The Balaban J connectivity index is 1.61. The number of rotatable bonds is 3. The number of aromatic nitrogens is 1. The zero-order valence-electron chi connectivity index (χ0n) is 12.6. The lowest BCUT2D eigenvalue weighted by Crippen LogP contribution is -2.42. The number of carbonyl (C=O) groups excluding carboxylic acids is 1. The van der Waals surface area contributed by atoms with Crippen LogP contribution in [0.25, 0.3) is 0 Å². The van der Waals surface area contributed by atoms with Crippen molar-refractivity contribution in [3.05, 3.63) is 46.6 Å². The van der Waals surface area contributed by atoms with E-state index in [0.717, 1.165) is 0 Å². The van der Waals surface area contributed by atoms with Gasteiger partial charge in [-0.2, -0.15) is 0 Å². The molecule has 0 saturated carbocycles. The molecule has 2 heterocycles. The zero-order valence-corrected chi connectivity index (χ0v) is 14.1. The van der Waals surface area contributed by atoms with Crippen molar-refractivity contribution in [3.8, 4) is 17.4 Å². The molecule has 1 aliphatic rings. The summed E-state index contributed by atoms with van der Waals surface area (Å²) in [6.07, 6.45) is 1.05. The molecule has 1 aliphatic heterocycles. The number of nitrogens with zero attached hydrogens (tertiary/aromatic N) is 2. The van der Waals surface area contributed by atoms with Crippen LogP contribution in [0.4, 0.5) is 4.79 Å². The Morgan fingerprint density at radius 3 is 2.46 bits per heavy atom. The van der Waals surface area contributed by atoms with E-state index in [9.17, 15) is 4.79 Å². The van der Waals surface area contributed by atoms with Gasteiger partial charge >= 0.3 is 6.09 Å². The molecule has 24 heavy (non-hydrogen) atoms. The average Bonchev–Trinajstić information content (AvgIpc) is 2.60. The lowest BCUT2D eigenvalue weighted by molar-refractivity contribution is 0.0416. The summed E-state index contributed by atoms with van der Waals surface area (Å²) in [7, 11) is 0. The molecular weight excluding hydrogens is 355 g/mol. The first-order valence-corrected chi connectivity index (χ1v) is 8.01. The number of hydrogen-bond acceptors (Lipinski definition) is 5. The fourth-order valence-electron chi connectivity index (χ4n) is 2.08. The Kier molecular flexibility index (Phi) is 5.40. The molecule has 0 spiro atoms. The van der Waals surface area contributed by atoms with Crippen LogP contribution in [0.15, 0.2) is 36.5 Å². The van der Waals surface area contributed by atoms with Crippen LogP contribution in [0.1, 0.15) is 0 Å². The molecule has 0 N–H and O–H groups in total. The van der Waals surface area contributed by atoms with Crippen molar-refractivity contribution in [1.29, 1.82) is 0 Å². The van der Waals surface area contributed by atoms with Gasteiger partial charge in [-0.25, -0.2) is 9.78 Å². The summed E-state index contributed by atoms with van der Waals surface area (Å²) in [4.78, 5) is 17.6. The Bertz CT molecular complexity index is 719. The molecule has 0 bridgehead atoms. The second kappa shape index (κ2) is 7.70. The standard InChI is InChI=1S/C16H14Cl2N2O4/c17-11-9-14(18)15(19-10-11)23-12-1-3-13(4-2-12)24-16(21)20-5-7-22-8-6-20/h1-4,9-10H,5-8H2. The summed E-state index contributed by atoms with van der Waals surface area (Å²) in [5.74, 6) is 1.19. The van der Waals surface area contributed by atoms with Crippen LogP contribution in [0.3, 0.4) is 0 Å². The number of pyridine rings is 1. The van der Waals surface area contributed by atoms with Crippen molar-refractivity contribution < 1.29 is 19.0 Å². The third-order valence-corrected chi connectivity index (χ3v) is 3.76. The second-order valence-electron chi connectivity index (χ2n) is 4.98. The summed E-state index contributed by atoms with van der Waals surface area (Å²) >= 11 is 11.8. The van der Waals surface area contributed by atoms with Crippen LogP contribution in [-0.4, -0.2) is 42.3 Å². The van der Waals surface area contributed by atoms with Gasteiger partial charge in [-0.15, -0.1) is 0 Å². The monoisotopic (exact) mass is 368 g/mol. The largest absolute Gasteiger partial charge is 0.438 e. The Morgan fingerprint density at radius 1 is 1.12 bits per heavy atom. The first-order valence-electron chi connectivity index (χ1n) is 7.25. The highest BCUT2D eigenvalue weighted by molar-refractivity contribution is 6.35. The van der Waals surface area contributed by atoms with Gasteiger partial charge in [-0.3, -0.25) is 0 Å². The molecule has 0 unspecified atom stereocenters. The van der Waals surface area contributed by atoms with Crippen molar-refractivity contribution in [3.63, 3.8) is 0 Å². The van der Waals surface area contributed by atoms with Crippen LogP contribution in [-0.2, 0) is 4.74 Å². The van der Waals surface area contributed by atoms with E-state index >= 15 is 0 Å². The van der Waals surface area contributed by atoms with E-state index in [2.05, 4.69) is 4.98 Å². The molecule has 1 aromatic heterocycles. The molecule has 3 rings (SSSR count). The van der Waals surface area contributed by atoms with Crippen molar-refractivity contribution in [2.24, 2.45) is 0 Å². The van der Waals surface area contributed by atoms with Gasteiger partial charge in [-0.1, -0.05) is 23.2 Å². The van der Waals surface area contributed by atoms with Gasteiger partial charge in [0.1, 0.15) is 16.5 Å². The molecular formula is C16H14Cl2N2O4. The SMILES string of the molecule is O=C(Oc1ccc(Oc2ncc(Cl)cc2Cl)cc1)N1CCOCC1. The fraction of sp³-hybridized carbons (Fsp3) is 0.250. The third-order valence-electron chi connectivity index (χ3n) is 3.29. The second-order valence-corrected chi connectivity index (χ2v) is 5.83. The molecule has 8 heteroatoms. The summed E-state index contributed by atoms with van der Waals surface area (Å²) in [6, 6.07) is 8.14. The number of hydrogen-bond donors (Lipinski definition) is 0. The summed E-state index contributed by atoms with van der Waals surface area (Å²) < 4.78 is 16.1. The van der Waals surface area contributed by atoms with Gasteiger partial charge in [0.25, 0.3) is 0 Å². The van der Waals surface area contributed by atoms with E-state index in [0.29, 0.717) is 47.8 Å². The van der Waals surface area contributed by atoms with Gasteiger partial charge in [0, 0.05) is 19.3 Å². The highest BCUT2D eigenvalue weighted by Crippen LogP contribution is 2.29. The van der Waals surface area contributed by atoms with E-state index in [1.807, 2.05) is 0 Å². The van der Waals surface area contributed by atoms with E-state index in [4.69, 9.17) is 37.4 Å². The number of amides is 1. The van der Waals surface area contributed by atoms with Crippen molar-refractivity contribution in [2.75, 3.05) is 26.3 Å². The van der Waals surface area contributed by atoms with Crippen molar-refractivity contribution >= 4 is 29.3 Å². The van der Waals surface area contributed by atoms with Gasteiger partial charge in [0.05, 0.1) is 18.2 Å². The van der Waals surface area contributed by atoms with Crippen LogP contribution in [0.5, 0.6) is 17.4 Å². The number of halogens is 2. The van der Waals surface area contributed by atoms with Gasteiger partial charge in [0.15, 0.2) is 0 Å². The van der Waals surface area contributed by atoms with Crippen LogP contribution < -0.4 is 9.47 Å². The Hall–Kier alpha value is -2.02. The van der Waals surface area contributed by atoms with Crippen LogP contribution in [0, 0.1) is 0 Å². The number of benzene rings is 1. The summed E-state index contributed by atoms with van der Waals surface area (Å²) in [5.41, 5.74) is 0. The summed E-state index contributed by atoms with van der Waals surface area (Å²) in [6.45, 7) is 2.11. The van der Waals surface area contributed by atoms with Crippen LogP contribution >= 0.6 is 23.2 Å². The average molecular weight is 369 g/mol. The fourth-order valence-corrected chi connectivity index (χ4v) is 2.49. The van der Waals surface area contributed by atoms with Crippen LogP contribution in [0.2, 0.25) is 10.0 Å². The molecule has 2 aromatic rings. The molecule has 126 valence electrons. The minimum Gasteiger partial charge on any atom is -0.438 e. The minimum atomic E-state index is -0.394. The number of ether oxygens (including phenoxy) is 3. The predicted molar refractivity (Wildman–Crippen MR) is 89.2 cm³/mol. The highest BCUT2D eigenvalue weighted by Gasteiger charge is 2.18. The van der Waals surface area contributed by atoms with E-state index in [-0.39, 0.29) is 5.88 Å². The summed E-state index contributed by atoms with van der Waals surface area (Å²) in [5, 5.41) is 0.739. The first kappa shape index (κ1) is 16.8. The van der Waals surface area contributed by atoms with E-state index in [1.54, 1.807) is 35.2 Å². The van der Waals surface area contributed by atoms with Gasteiger partial charge in [0.2, 0.25) is 5.88 Å². The van der Waals surface area contributed by atoms with Gasteiger partial charge in [-0.05, 0) is 30.3 Å². The van der Waals surface area contributed by atoms with Crippen molar-refractivity contribution in [2.45, 2.75) is 0 Å². The number of carbonyl (C=O) groups is 1. The maximum absolute atomic E-state index is 12.0. The molecule has 1 saturated heterocycles. The number of morpholine rings is 1. The molecule has 0 aliphatic carbocycles. The predicted octanol–water partition coefficient (Wildman–Crippen LogP) is 4.01. The highest BCUT2D eigenvalue weighted by atomic mass is 35.5. The molecule has 1 fully saturated rings. The van der Waals surface area contributed by atoms with Gasteiger partial charge < -0.3 is 19.1 Å². The van der Waals surface area contributed by atoms with E-state index < -0.39 is 6.09 Å². The molecule has 0 atom stereocenters. The maximum atomic E-state index is 12.0. The maximum Gasteiger partial charge on any atom is 0.415 e. The normalized spacial score (nSPS) is 14.3. The lowest BCUT2D eigenvalue weighted by atomic mass is 10.3. The molecule has 1 aromatic carbocycles. The quantitative estimate of drug-likeness (QED) is 0.818. The van der Waals surface area contributed by atoms with Crippen molar-refractivity contribution in [1.82, 2.24) is 9.88 Å². The minimum absolute atomic E-state index is 0.249.